The smallest absolute Gasteiger partial charge is 0.423 e. The summed E-state index contributed by atoms with van der Waals surface area (Å²) in [4.78, 5) is 0. The predicted molar refractivity (Wildman–Crippen MR) is 61.0 cm³/mol. The summed E-state index contributed by atoms with van der Waals surface area (Å²) in [7, 11) is -1.44. The Morgan fingerprint density at radius 3 is 2.73 bits per heavy atom. The third-order valence-electron chi connectivity index (χ3n) is 2.44. The average molecular weight is 208 g/mol. The van der Waals surface area contributed by atoms with E-state index in [4.69, 9.17) is 10.0 Å². The molecule has 3 nitrogen and oxygen atoms in total. The van der Waals surface area contributed by atoms with Gasteiger partial charge < -0.3 is 15.2 Å². The quantitative estimate of drug-likeness (QED) is 0.603. The largest absolute Gasteiger partial charge is 0.488 e. The molecule has 3 N–H and O–H groups in total. The van der Waals surface area contributed by atoms with Gasteiger partial charge in [0.05, 0.1) is 6.10 Å². The normalized spacial score (nSPS) is 17.9. The molecule has 1 aliphatic carbocycles. The summed E-state index contributed by atoms with van der Waals surface area (Å²) >= 11 is 0. The van der Waals surface area contributed by atoms with Gasteiger partial charge in [-0.3, -0.25) is 0 Å². The monoisotopic (exact) mass is 208 g/mol. The molecule has 0 fully saturated rings. The van der Waals surface area contributed by atoms with Crippen molar-refractivity contribution in [3.05, 3.63) is 35.3 Å². The summed E-state index contributed by atoms with van der Waals surface area (Å²) in [5.41, 5.74) is 1.37. The average Bonchev–Trinajstić information content (AvgIpc) is 2.43. The molecule has 0 saturated heterocycles. The van der Waals surface area contributed by atoms with Gasteiger partial charge in [0.25, 0.3) is 0 Å². The van der Waals surface area contributed by atoms with Crippen LogP contribution in [-0.4, -0.2) is 28.4 Å². The van der Waals surface area contributed by atoms with Gasteiger partial charge in [-0.2, -0.15) is 0 Å². The van der Waals surface area contributed by atoms with Crippen molar-refractivity contribution >= 4 is 7.12 Å². The van der Waals surface area contributed by atoms with Crippen molar-refractivity contribution in [3.8, 4) is 0 Å². The third-order valence-corrected chi connectivity index (χ3v) is 2.44. The van der Waals surface area contributed by atoms with Crippen molar-refractivity contribution in [3.63, 3.8) is 0 Å². The van der Waals surface area contributed by atoms with Gasteiger partial charge in [0.1, 0.15) is 0 Å². The Hall–Kier alpha value is -0.835. The van der Waals surface area contributed by atoms with Crippen molar-refractivity contribution in [2.24, 2.45) is 0 Å². The number of allylic oxidation sites excluding steroid dienone is 5. The van der Waals surface area contributed by atoms with Gasteiger partial charge >= 0.3 is 7.12 Å². The molecule has 1 unspecified atom stereocenters. The maximum atomic E-state index is 9.77. The van der Waals surface area contributed by atoms with Crippen molar-refractivity contribution in [1.29, 1.82) is 0 Å². The van der Waals surface area contributed by atoms with Crippen molar-refractivity contribution in [2.75, 3.05) is 0 Å². The molecule has 0 radical (unpaired) electrons. The molecule has 0 aromatic carbocycles. The summed E-state index contributed by atoms with van der Waals surface area (Å²) in [5.74, 6) is 0. The standard InChI is InChI=1S/C11H17BO3/c1-2-4-11(13)9-5-3-6-10(8-7-9)12(14)15/h3,6-8,11,13-15H,2,4-5H2,1H3. The Morgan fingerprint density at radius 2 is 2.13 bits per heavy atom. The molecule has 0 aromatic rings. The van der Waals surface area contributed by atoms with E-state index in [1.165, 1.54) is 0 Å². The Kier molecular flexibility index (Phi) is 4.82. The first-order valence-electron chi connectivity index (χ1n) is 5.26. The number of aliphatic hydroxyl groups is 1. The first kappa shape index (κ1) is 12.2. The summed E-state index contributed by atoms with van der Waals surface area (Å²) in [6.07, 6.45) is 8.83. The van der Waals surface area contributed by atoms with E-state index < -0.39 is 13.2 Å². The molecular weight excluding hydrogens is 191 g/mol. The van der Waals surface area contributed by atoms with Crippen LogP contribution in [0.5, 0.6) is 0 Å². The van der Waals surface area contributed by atoms with Gasteiger partial charge in [-0.05, 0) is 23.9 Å². The summed E-state index contributed by atoms with van der Waals surface area (Å²) in [6, 6.07) is 0. The molecule has 4 heteroatoms. The van der Waals surface area contributed by atoms with Gasteiger partial charge in [0.2, 0.25) is 0 Å². The lowest BCUT2D eigenvalue weighted by atomic mass is 9.79. The fourth-order valence-corrected chi connectivity index (χ4v) is 1.54. The zero-order chi connectivity index (χ0) is 11.3. The maximum Gasteiger partial charge on any atom is 0.488 e. The van der Waals surface area contributed by atoms with Crippen LogP contribution < -0.4 is 0 Å². The number of hydrogen-bond donors (Lipinski definition) is 3. The van der Waals surface area contributed by atoms with Crippen LogP contribution in [0.25, 0.3) is 0 Å². The van der Waals surface area contributed by atoms with Gasteiger partial charge in [-0.25, -0.2) is 0 Å². The van der Waals surface area contributed by atoms with E-state index in [-0.39, 0.29) is 0 Å². The number of hydrogen-bond acceptors (Lipinski definition) is 3. The minimum absolute atomic E-state index is 0.425. The molecule has 0 spiro atoms. The Bertz CT molecular complexity index is 292. The first-order chi connectivity index (χ1) is 7.15. The van der Waals surface area contributed by atoms with Crippen molar-refractivity contribution in [1.82, 2.24) is 0 Å². The van der Waals surface area contributed by atoms with Crippen LogP contribution >= 0.6 is 0 Å². The first-order valence-corrected chi connectivity index (χ1v) is 5.26. The molecule has 1 aliphatic rings. The minimum Gasteiger partial charge on any atom is -0.423 e. The molecule has 82 valence electrons. The van der Waals surface area contributed by atoms with Gasteiger partial charge in [0, 0.05) is 0 Å². The van der Waals surface area contributed by atoms with E-state index >= 15 is 0 Å². The zero-order valence-corrected chi connectivity index (χ0v) is 8.93. The van der Waals surface area contributed by atoms with E-state index in [0.29, 0.717) is 11.9 Å². The lowest BCUT2D eigenvalue weighted by Crippen LogP contribution is -2.13. The minimum atomic E-state index is -1.44. The second kappa shape index (κ2) is 5.90. The second-order valence-corrected chi connectivity index (χ2v) is 3.69. The maximum absolute atomic E-state index is 9.77. The lowest BCUT2D eigenvalue weighted by molar-refractivity contribution is 0.197. The number of rotatable bonds is 4. The van der Waals surface area contributed by atoms with E-state index in [1.807, 2.05) is 13.0 Å². The highest BCUT2D eigenvalue weighted by molar-refractivity contribution is 6.51. The molecule has 1 rings (SSSR count). The van der Waals surface area contributed by atoms with Gasteiger partial charge in [-0.15, -0.1) is 0 Å². The Balaban J connectivity index is 2.74. The second-order valence-electron chi connectivity index (χ2n) is 3.69. The molecule has 0 heterocycles. The highest BCUT2D eigenvalue weighted by atomic mass is 16.4. The molecule has 0 aliphatic heterocycles. The molecular formula is C11H17BO3. The zero-order valence-electron chi connectivity index (χ0n) is 8.93. The summed E-state index contributed by atoms with van der Waals surface area (Å²) in [5, 5.41) is 27.7. The SMILES string of the molecule is CCCC(O)C1=CC=C(B(O)O)C=CC1. The summed E-state index contributed by atoms with van der Waals surface area (Å²) < 4.78 is 0. The topological polar surface area (TPSA) is 60.7 Å². The highest BCUT2D eigenvalue weighted by Gasteiger charge is 2.14. The molecule has 0 aromatic heterocycles. The van der Waals surface area contributed by atoms with Crippen LogP contribution in [0.3, 0.4) is 0 Å². The molecule has 15 heavy (non-hydrogen) atoms. The van der Waals surface area contributed by atoms with Gasteiger partial charge in [-0.1, -0.05) is 37.6 Å². The van der Waals surface area contributed by atoms with E-state index in [0.717, 1.165) is 18.4 Å². The Morgan fingerprint density at radius 1 is 1.40 bits per heavy atom. The predicted octanol–water partition coefficient (Wildman–Crippen LogP) is 0.972. The molecule has 0 bridgehead atoms. The van der Waals surface area contributed by atoms with Crippen LogP contribution in [0.1, 0.15) is 26.2 Å². The van der Waals surface area contributed by atoms with Gasteiger partial charge in [0.15, 0.2) is 0 Å². The van der Waals surface area contributed by atoms with E-state index in [2.05, 4.69) is 0 Å². The summed E-state index contributed by atoms with van der Waals surface area (Å²) in [6.45, 7) is 2.02. The highest BCUT2D eigenvalue weighted by Crippen LogP contribution is 2.17. The van der Waals surface area contributed by atoms with Crippen LogP contribution in [0.15, 0.2) is 35.3 Å². The van der Waals surface area contributed by atoms with Crippen LogP contribution in [0, 0.1) is 0 Å². The van der Waals surface area contributed by atoms with Crippen molar-refractivity contribution < 1.29 is 15.2 Å². The van der Waals surface area contributed by atoms with Crippen LogP contribution in [-0.2, 0) is 0 Å². The Labute approximate surface area is 90.6 Å². The molecule has 1 atom stereocenters. The lowest BCUT2D eigenvalue weighted by Gasteiger charge is -2.11. The molecule has 0 amide bonds. The molecule has 0 saturated carbocycles. The van der Waals surface area contributed by atoms with E-state index in [1.54, 1.807) is 18.2 Å². The van der Waals surface area contributed by atoms with Crippen LogP contribution in [0.4, 0.5) is 0 Å². The fraction of sp³-hybridized carbons (Fsp3) is 0.455. The third kappa shape index (κ3) is 3.66. The van der Waals surface area contributed by atoms with Crippen molar-refractivity contribution in [2.45, 2.75) is 32.3 Å². The fourth-order valence-electron chi connectivity index (χ4n) is 1.54. The van der Waals surface area contributed by atoms with E-state index in [9.17, 15) is 5.11 Å². The number of aliphatic hydroxyl groups excluding tert-OH is 1. The van der Waals surface area contributed by atoms with Crippen LogP contribution in [0.2, 0.25) is 0 Å².